The van der Waals surface area contributed by atoms with Crippen molar-refractivity contribution in [2.75, 3.05) is 5.32 Å². The highest BCUT2D eigenvalue weighted by Crippen LogP contribution is 2.34. The summed E-state index contributed by atoms with van der Waals surface area (Å²) in [6.45, 7) is 2.03. The van der Waals surface area contributed by atoms with Crippen molar-refractivity contribution in [1.82, 2.24) is 9.97 Å². The van der Waals surface area contributed by atoms with E-state index in [2.05, 4.69) is 31.2 Å². The first kappa shape index (κ1) is 14.1. The van der Waals surface area contributed by atoms with Gasteiger partial charge in [-0.2, -0.15) is 4.98 Å². The van der Waals surface area contributed by atoms with E-state index >= 15 is 0 Å². The summed E-state index contributed by atoms with van der Waals surface area (Å²) in [6, 6.07) is 7.56. The quantitative estimate of drug-likeness (QED) is 0.562. The summed E-state index contributed by atoms with van der Waals surface area (Å²) in [5.74, 6) is 0.687. The molecule has 0 spiro atoms. The molecule has 0 unspecified atom stereocenters. The molecule has 7 heteroatoms. The lowest BCUT2D eigenvalue weighted by Crippen LogP contribution is -1.96. The second-order valence-electron chi connectivity index (χ2n) is 4.17. The van der Waals surface area contributed by atoms with Gasteiger partial charge < -0.3 is 5.32 Å². The van der Waals surface area contributed by atoms with Crippen LogP contribution >= 0.6 is 50.5 Å². The van der Waals surface area contributed by atoms with E-state index in [1.165, 1.54) is 0 Å². The van der Waals surface area contributed by atoms with E-state index in [0.717, 1.165) is 25.3 Å². The van der Waals surface area contributed by atoms with Gasteiger partial charge in [0, 0.05) is 14.4 Å². The number of nitrogens with one attached hydrogen (secondary N) is 1. The number of rotatable bonds is 2. The number of benzene rings is 1. The summed E-state index contributed by atoms with van der Waals surface area (Å²) >= 11 is 17.0. The Morgan fingerprint density at radius 1 is 1.20 bits per heavy atom. The van der Waals surface area contributed by atoms with Gasteiger partial charge in [-0.3, -0.25) is 0 Å². The molecule has 3 rings (SSSR count). The van der Waals surface area contributed by atoms with E-state index < -0.39 is 0 Å². The van der Waals surface area contributed by atoms with E-state index in [9.17, 15) is 0 Å². The molecule has 0 amide bonds. The lowest BCUT2D eigenvalue weighted by atomic mass is 10.3. The molecule has 0 atom stereocenters. The first-order valence-corrected chi connectivity index (χ1v) is 8.05. The first-order chi connectivity index (χ1) is 9.52. The van der Waals surface area contributed by atoms with Gasteiger partial charge >= 0.3 is 0 Å². The van der Waals surface area contributed by atoms with Crippen LogP contribution in [0.3, 0.4) is 0 Å². The number of hydrogen-bond acceptors (Lipinski definition) is 4. The van der Waals surface area contributed by atoms with Crippen molar-refractivity contribution < 1.29 is 0 Å². The molecule has 0 aliphatic rings. The van der Waals surface area contributed by atoms with Crippen molar-refractivity contribution in [3.63, 3.8) is 0 Å². The van der Waals surface area contributed by atoms with Gasteiger partial charge in [0.05, 0.1) is 11.1 Å². The number of anilines is 2. The van der Waals surface area contributed by atoms with E-state index in [-0.39, 0.29) is 5.28 Å². The van der Waals surface area contributed by atoms with Crippen LogP contribution < -0.4 is 5.32 Å². The molecule has 0 saturated carbocycles. The second kappa shape index (κ2) is 5.48. The van der Waals surface area contributed by atoms with Crippen LogP contribution in [0.5, 0.6) is 0 Å². The zero-order valence-electron chi connectivity index (χ0n) is 10.2. The average molecular weight is 389 g/mol. The Bertz CT molecular complexity index is 804. The summed E-state index contributed by atoms with van der Waals surface area (Å²) in [4.78, 5) is 10.5. The molecule has 0 bridgehead atoms. The number of aromatic nitrogens is 2. The fraction of sp³-hybridized carbons (Fsp3) is 0.0769. The Kier molecular flexibility index (Phi) is 3.86. The smallest absolute Gasteiger partial charge is 0.225 e. The number of thiophene rings is 1. The van der Waals surface area contributed by atoms with Crippen LogP contribution in [0.1, 0.15) is 4.88 Å². The molecule has 0 fully saturated rings. The molecule has 3 nitrogen and oxygen atoms in total. The van der Waals surface area contributed by atoms with Crippen LogP contribution in [0.2, 0.25) is 10.3 Å². The van der Waals surface area contributed by atoms with Crippen molar-refractivity contribution in [3.8, 4) is 0 Å². The highest BCUT2D eigenvalue weighted by Gasteiger charge is 2.11. The maximum absolute atomic E-state index is 5.98. The zero-order valence-corrected chi connectivity index (χ0v) is 14.2. The predicted octanol–water partition coefficient (Wildman–Crippen LogP) is 5.81. The third kappa shape index (κ3) is 2.76. The minimum Gasteiger partial charge on any atom is -0.339 e. The highest BCUT2D eigenvalue weighted by molar-refractivity contribution is 9.10. The van der Waals surface area contributed by atoms with Gasteiger partial charge in [0.1, 0.15) is 10.6 Å². The molecule has 3 aromatic rings. The molecule has 0 aliphatic carbocycles. The molecular weight excluding hydrogens is 381 g/mol. The van der Waals surface area contributed by atoms with Crippen molar-refractivity contribution in [3.05, 3.63) is 43.9 Å². The number of hydrogen-bond donors (Lipinski definition) is 1. The van der Waals surface area contributed by atoms with Gasteiger partial charge in [0.2, 0.25) is 5.28 Å². The van der Waals surface area contributed by atoms with E-state index in [1.807, 2.05) is 31.2 Å². The molecular formula is C13H8BrCl2N3S. The van der Waals surface area contributed by atoms with Gasteiger partial charge in [-0.1, -0.05) is 11.6 Å². The lowest BCUT2D eigenvalue weighted by Gasteiger charge is -2.09. The van der Waals surface area contributed by atoms with Crippen molar-refractivity contribution >= 4 is 72.2 Å². The summed E-state index contributed by atoms with van der Waals surface area (Å²) < 4.78 is 0.861. The summed E-state index contributed by atoms with van der Waals surface area (Å²) in [5, 5.41) is 5.11. The molecule has 2 heterocycles. The molecule has 2 aromatic heterocycles. The highest BCUT2D eigenvalue weighted by atomic mass is 79.9. The fourth-order valence-electron chi connectivity index (χ4n) is 1.83. The van der Waals surface area contributed by atoms with Gasteiger partial charge in [-0.05, 0) is 58.7 Å². The van der Waals surface area contributed by atoms with E-state index in [4.69, 9.17) is 23.2 Å². The minimum absolute atomic E-state index is 0.229. The summed E-state index contributed by atoms with van der Waals surface area (Å²) in [7, 11) is 0. The molecule has 0 aliphatic heterocycles. The van der Waals surface area contributed by atoms with Gasteiger partial charge in [0.25, 0.3) is 0 Å². The number of aryl methyl sites for hydroxylation is 1. The van der Waals surface area contributed by atoms with Crippen LogP contribution in [-0.2, 0) is 0 Å². The number of nitrogens with zero attached hydrogens (tertiary/aromatic N) is 2. The normalized spacial score (nSPS) is 11.0. The van der Waals surface area contributed by atoms with Crippen LogP contribution in [0.4, 0.5) is 11.5 Å². The largest absolute Gasteiger partial charge is 0.339 e. The van der Waals surface area contributed by atoms with Crippen LogP contribution in [0, 0.1) is 6.92 Å². The standard InChI is InChI=1S/C13H8BrCl2N3S/c1-6-4-8-11(18-13(16)19-12(8)20-6)17-10-3-2-7(15)5-9(10)14/h2-5H,1H3,(H,17,18,19). The Labute approximate surface area is 138 Å². The molecule has 1 aromatic carbocycles. The van der Waals surface area contributed by atoms with Gasteiger partial charge in [-0.25, -0.2) is 4.98 Å². The van der Waals surface area contributed by atoms with Crippen molar-refractivity contribution in [2.24, 2.45) is 0 Å². The lowest BCUT2D eigenvalue weighted by molar-refractivity contribution is 1.23. The first-order valence-electron chi connectivity index (χ1n) is 5.69. The molecule has 0 saturated heterocycles. The SMILES string of the molecule is Cc1cc2c(Nc3ccc(Cl)cc3Br)nc(Cl)nc2s1. The minimum atomic E-state index is 0.229. The predicted molar refractivity (Wildman–Crippen MR) is 89.6 cm³/mol. The topological polar surface area (TPSA) is 37.8 Å². The van der Waals surface area contributed by atoms with Crippen LogP contribution in [0.15, 0.2) is 28.7 Å². The van der Waals surface area contributed by atoms with Gasteiger partial charge in [-0.15, -0.1) is 11.3 Å². The third-order valence-corrected chi connectivity index (χ3v) is 4.68. The average Bonchev–Trinajstić information content (AvgIpc) is 2.73. The maximum Gasteiger partial charge on any atom is 0.225 e. The fourth-order valence-corrected chi connectivity index (χ4v) is 3.71. The zero-order chi connectivity index (χ0) is 14.3. The summed E-state index contributed by atoms with van der Waals surface area (Å²) in [5.41, 5.74) is 0.870. The number of halogens is 3. The molecule has 0 radical (unpaired) electrons. The number of fused-ring (bicyclic) bond motifs is 1. The Morgan fingerprint density at radius 2 is 2.00 bits per heavy atom. The third-order valence-electron chi connectivity index (χ3n) is 2.67. The second-order valence-corrected chi connectivity index (χ2v) is 7.03. The molecule has 1 N–H and O–H groups in total. The Hall–Kier alpha value is -0.880. The van der Waals surface area contributed by atoms with Crippen LogP contribution in [0.25, 0.3) is 10.2 Å². The van der Waals surface area contributed by atoms with Crippen molar-refractivity contribution in [2.45, 2.75) is 6.92 Å². The Balaban J connectivity index is 2.10. The maximum atomic E-state index is 5.98. The summed E-state index contributed by atoms with van der Waals surface area (Å²) in [6.07, 6.45) is 0. The van der Waals surface area contributed by atoms with Crippen molar-refractivity contribution in [1.29, 1.82) is 0 Å². The van der Waals surface area contributed by atoms with Crippen LogP contribution in [-0.4, -0.2) is 9.97 Å². The van der Waals surface area contributed by atoms with Gasteiger partial charge in [0.15, 0.2) is 0 Å². The molecule has 20 heavy (non-hydrogen) atoms. The molecule has 102 valence electrons. The monoisotopic (exact) mass is 387 g/mol. The Morgan fingerprint density at radius 3 is 2.75 bits per heavy atom. The van der Waals surface area contributed by atoms with E-state index in [0.29, 0.717) is 10.8 Å². The van der Waals surface area contributed by atoms with E-state index in [1.54, 1.807) is 11.3 Å².